The number of nitrogens with one attached hydrogen (secondary N) is 4. The number of hydrogen-bond acceptors (Lipinski definition) is 5. The molecule has 8 nitrogen and oxygen atoms in total. The van der Waals surface area contributed by atoms with Crippen LogP contribution in [0.1, 0.15) is 42.2 Å². The standard InChI is InChI=1S/C31H27BrN4O4S/c1-20-7-5-6-10-25(20)29(38)33-24-14-11-22(12-15-24)28(37)35-36-31(41)34-30(39)26-19-23(32)13-16-27(26)40-18-17-21-8-3-2-4-9-21/h2-16,19H,17-18H2,1H3,(H,33,38)(H,35,37)(H2,34,36,39,41). The van der Waals surface area contributed by atoms with E-state index in [1.54, 1.807) is 54.6 Å². The molecule has 4 aromatic carbocycles. The van der Waals surface area contributed by atoms with Crippen LogP contribution in [0.15, 0.2) is 102 Å². The van der Waals surface area contributed by atoms with E-state index in [1.165, 1.54) is 0 Å². The van der Waals surface area contributed by atoms with Crippen LogP contribution in [0, 0.1) is 6.92 Å². The molecular weight excluding hydrogens is 604 g/mol. The Morgan fingerprint density at radius 2 is 1.49 bits per heavy atom. The Morgan fingerprint density at radius 1 is 0.780 bits per heavy atom. The minimum Gasteiger partial charge on any atom is -0.492 e. The third-order valence-electron chi connectivity index (χ3n) is 5.99. The molecule has 0 aromatic heterocycles. The second-order valence-corrected chi connectivity index (χ2v) is 10.3. The number of rotatable bonds is 8. The summed E-state index contributed by atoms with van der Waals surface area (Å²) in [6.07, 6.45) is 0.685. The van der Waals surface area contributed by atoms with Crippen molar-refractivity contribution < 1.29 is 19.1 Å². The van der Waals surface area contributed by atoms with Crippen LogP contribution in [0.25, 0.3) is 0 Å². The number of ether oxygens (including phenoxy) is 1. The molecule has 0 bridgehead atoms. The fraction of sp³-hybridized carbons (Fsp3) is 0.0968. The van der Waals surface area contributed by atoms with Gasteiger partial charge in [0.25, 0.3) is 17.7 Å². The number of carbonyl (C=O) groups is 3. The zero-order chi connectivity index (χ0) is 29.2. The lowest BCUT2D eigenvalue weighted by molar-refractivity contribution is 0.0933. The fourth-order valence-corrected chi connectivity index (χ4v) is 4.35. The second-order valence-electron chi connectivity index (χ2n) is 8.93. The van der Waals surface area contributed by atoms with Crippen molar-refractivity contribution >= 4 is 56.7 Å². The van der Waals surface area contributed by atoms with Crippen molar-refractivity contribution in [1.29, 1.82) is 0 Å². The summed E-state index contributed by atoms with van der Waals surface area (Å²) in [7, 11) is 0. The molecule has 0 aliphatic carbocycles. The van der Waals surface area contributed by atoms with Crippen molar-refractivity contribution in [2.24, 2.45) is 0 Å². The first-order valence-electron chi connectivity index (χ1n) is 12.6. The number of aryl methyl sites for hydroxylation is 1. The quantitative estimate of drug-likeness (QED) is 0.149. The fourth-order valence-electron chi connectivity index (χ4n) is 3.85. The summed E-state index contributed by atoms with van der Waals surface area (Å²) in [5.41, 5.74) is 8.69. The van der Waals surface area contributed by atoms with Crippen LogP contribution in [0.3, 0.4) is 0 Å². The maximum absolute atomic E-state index is 12.9. The van der Waals surface area contributed by atoms with Crippen LogP contribution in [0.2, 0.25) is 0 Å². The van der Waals surface area contributed by atoms with Crippen LogP contribution >= 0.6 is 28.1 Å². The van der Waals surface area contributed by atoms with Gasteiger partial charge < -0.3 is 10.1 Å². The largest absolute Gasteiger partial charge is 0.492 e. The number of hydrogen-bond donors (Lipinski definition) is 4. The van der Waals surface area contributed by atoms with Crippen LogP contribution < -0.4 is 26.2 Å². The average molecular weight is 632 g/mol. The first-order valence-corrected chi connectivity index (χ1v) is 13.9. The predicted molar refractivity (Wildman–Crippen MR) is 166 cm³/mol. The Hall–Kier alpha value is -4.54. The van der Waals surface area contributed by atoms with E-state index < -0.39 is 11.8 Å². The van der Waals surface area contributed by atoms with E-state index in [4.69, 9.17) is 17.0 Å². The molecule has 10 heteroatoms. The molecule has 0 saturated carbocycles. The highest BCUT2D eigenvalue weighted by Crippen LogP contribution is 2.23. The highest BCUT2D eigenvalue weighted by atomic mass is 79.9. The van der Waals surface area contributed by atoms with E-state index in [0.29, 0.717) is 40.1 Å². The van der Waals surface area contributed by atoms with Gasteiger partial charge in [-0.3, -0.25) is 30.6 Å². The van der Waals surface area contributed by atoms with Gasteiger partial charge in [-0.2, -0.15) is 0 Å². The van der Waals surface area contributed by atoms with E-state index >= 15 is 0 Å². The average Bonchev–Trinajstić information content (AvgIpc) is 2.97. The van der Waals surface area contributed by atoms with Crippen LogP contribution in [-0.4, -0.2) is 29.4 Å². The number of hydrazine groups is 1. The molecule has 0 fully saturated rings. The van der Waals surface area contributed by atoms with Crippen molar-refractivity contribution in [1.82, 2.24) is 16.2 Å². The van der Waals surface area contributed by atoms with Gasteiger partial charge in [0.05, 0.1) is 12.2 Å². The lowest BCUT2D eigenvalue weighted by Gasteiger charge is -2.14. The molecular formula is C31H27BrN4O4S. The molecule has 0 aliphatic heterocycles. The van der Waals surface area contributed by atoms with E-state index in [9.17, 15) is 14.4 Å². The van der Waals surface area contributed by atoms with Gasteiger partial charge in [0, 0.05) is 27.7 Å². The minimum atomic E-state index is -0.499. The lowest BCUT2D eigenvalue weighted by atomic mass is 10.1. The van der Waals surface area contributed by atoms with E-state index in [-0.39, 0.29) is 16.6 Å². The van der Waals surface area contributed by atoms with Crippen molar-refractivity contribution in [2.45, 2.75) is 13.3 Å². The van der Waals surface area contributed by atoms with Crippen molar-refractivity contribution in [2.75, 3.05) is 11.9 Å². The number of thiocarbonyl (C=S) groups is 1. The summed E-state index contributed by atoms with van der Waals surface area (Å²) < 4.78 is 6.58. The molecule has 4 rings (SSSR count). The van der Waals surface area contributed by atoms with E-state index in [0.717, 1.165) is 11.1 Å². The number of anilines is 1. The van der Waals surface area contributed by atoms with Gasteiger partial charge in [0.2, 0.25) is 0 Å². The third-order valence-corrected chi connectivity index (χ3v) is 6.69. The molecule has 0 radical (unpaired) electrons. The third kappa shape index (κ3) is 8.47. The van der Waals surface area contributed by atoms with Crippen LogP contribution in [-0.2, 0) is 6.42 Å². The van der Waals surface area contributed by atoms with Gasteiger partial charge in [0.15, 0.2) is 5.11 Å². The van der Waals surface area contributed by atoms with Crippen molar-refractivity contribution in [3.63, 3.8) is 0 Å². The van der Waals surface area contributed by atoms with Gasteiger partial charge >= 0.3 is 0 Å². The first kappa shape index (κ1) is 29.4. The molecule has 4 N–H and O–H groups in total. The van der Waals surface area contributed by atoms with E-state index in [1.807, 2.05) is 49.4 Å². The Balaban J connectivity index is 1.28. The Kier molecular flexibility index (Phi) is 10.2. The molecule has 0 heterocycles. The van der Waals surface area contributed by atoms with E-state index in [2.05, 4.69) is 37.4 Å². The van der Waals surface area contributed by atoms with Gasteiger partial charge in [-0.05, 0) is 78.8 Å². The molecule has 0 unspecified atom stereocenters. The molecule has 41 heavy (non-hydrogen) atoms. The summed E-state index contributed by atoms with van der Waals surface area (Å²) in [4.78, 5) is 38.0. The first-order chi connectivity index (χ1) is 19.8. The number of halogens is 1. The summed E-state index contributed by atoms with van der Waals surface area (Å²) in [5, 5.41) is 5.27. The minimum absolute atomic E-state index is 0.0966. The molecule has 4 aromatic rings. The molecule has 0 atom stereocenters. The topological polar surface area (TPSA) is 109 Å². The highest BCUT2D eigenvalue weighted by molar-refractivity contribution is 9.10. The predicted octanol–water partition coefficient (Wildman–Crippen LogP) is 5.58. The number of benzene rings is 4. The zero-order valence-electron chi connectivity index (χ0n) is 22.1. The van der Waals surface area contributed by atoms with Gasteiger partial charge in [-0.1, -0.05) is 64.5 Å². The number of amides is 3. The summed E-state index contributed by atoms with van der Waals surface area (Å²) in [6.45, 7) is 2.25. The number of carbonyl (C=O) groups excluding carboxylic acids is 3. The summed E-state index contributed by atoms with van der Waals surface area (Å²) in [5.74, 6) is -0.811. The smallest absolute Gasteiger partial charge is 0.269 e. The maximum Gasteiger partial charge on any atom is 0.269 e. The van der Waals surface area contributed by atoms with Gasteiger partial charge in [-0.25, -0.2) is 0 Å². The maximum atomic E-state index is 12.9. The van der Waals surface area contributed by atoms with Crippen LogP contribution in [0.4, 0.5) is 5.69 Å². The Labute approximate surface area is 251 Å². The SMILES string of the molecule is Cc1ccccc1C(=O)Nc1ccc(C(=O)NNC(=S)NC(=O)c2cc(Br)ccc2OCCc2ccccc2)cc1. The molecule has 0 aliphatic rings. The van der Waals surface area contributed by atoms with Gasteiger partial charge in [-0.15, -0.1) is 0 Å². The normalized spacial score (nSPS) is 10.3. The Morgan fingerprint density at radius 3 is 2.22 bits per heavy atom. The molecule has 0 saturated heterocycles. The Bertz CT molecular complexity index is 1560. The van der Waals surface area contributed by atoms with Gasteiger partial charge in [0.1, 0.15) is 5.75 Å². The zero-order valence-corrected chi connectivity index (χ0v) is 24.5. The second kappa shape index (κ2) is 14.2. The lowest BCUT2D eigenvalue weighted by Crippen LogP contribution is -2.48. The molecule has 3 amide bonds. The monoisotopic (exact) mass is 630 g/mol. The van der Waals surface area contributed by atoms with Crippen molar-refractivity contribution in [3.8, 4) is 5.75 Å². The summed E-state index contributed by atoms with van der Waals surface area (Å²) in [6, 6.07) is 28.7. The summed E-state index contributed by atoms with van der Waals surface area (Å²) >= 11 is 8.57. The van der Waals surface area contributed by atoms with Crippen molar-refractivity contribution in [3.05, 3.63) is 129 Å². The molecule has 208 valence electrons. The molecule has 0 spiro atoms. The van der Waals surface area contributed by atoms with Crippen LogP contribution in [0.5, 0.6) is 5.75 Å². The highest BCUT2D eigenvalue weighted by Gasteiger charge is 2.16.